The molecule has 0 aliphatic heterocycles. The van der Waals surface area contributed by atoms with Crippen LogP contribution in [0.1, 0.15) is 26.3 Å². The Bertz CT molecular complexity index is 927. The second kappa shape index (κ2) is 10.3. The van der Waals surface area contributed by atoms with Gasteiger partial charge in [-0.25, -0.2) is 8.42 Å². The molecule has 2 atom stereocenters. The molecule has 164 valence electrons. The Morgan fingerprint density at radius 3 is 2.07 bits per heavy atom. The van der Waals surface area contributed by atoms with Crippen LogP contribution in [0.4, 0.5) is 5.69 Å². The third kappa shape index (κ3) is 6.66. The van der Waals surface area contributed by atoms with E-state index in [4.69, 9.17) is 9.47 Å². The third-order valence-electron chi connectivity index (χ3n) is 4.40. The number of aryl methyl sites for hydroxylation is 1. The van der Waals surface area contributed by atoms with Crippen molar-refractivity contribution in [1.82, 2.24) is 5.32 Å². The van der Waals surface area contributed by atoms with E-state index in [1.54, 1.807) is 38.1 Å². The second-order valence-electron chi connectivity index (χ2n) is 7.20. The van der Waals surface area contributed by atoms with Crippen LogP contribution in [-0.4, -0.2) is 45.9 Å². The molecule has 0 saturated heterocycles. The lowest BCUT2D eigenvalue weighted by atomic mass is 10.2. The molecule has 0 heterocycles. The molecule has 0 aliphatic rings. The highest BCUT2D eigenvalue weighted by Crippen LogP contribution is 2.24. The van der Waals surface area contributed by atoms with Gasteiger partial charge >= 0.3 is 0 Å². The standard InChI is InChI=1S/C22H30N2O5S/c1-6-28-20-13-9-19(10-14-20)24(30(5,26)27)18(4)22(25)23-17(3)15-29-21-11-7-16(2)8-12-21/h7-14,17-18H,6,15H2,1-5H3,(H,23,25)/t17-,18-/m0/s1. The van der Waals surface area contributed by atoms with Crippen LogP contribution >= 0.6 is 0 Å². The van der Waals surface area contributed by atoms with Crippen LogP contribution in [0.2, 0.25) is 0 Å². The maximum atomic E-state index is 12.7. The number of hydrogen-bond donors (Lipinski definition) is 1. The van der Waals surface area contributed by atoms with E-state index in [1.807, 2.05) is 38.1 Å². The molecule has 2 aromatic carbocycles. The summed E-state index contributed by atoms with van der Waals surface area (Å²) in [6, 6.07) is 13.0. The number of sulfonamides is 1. The first kappa shape index (κ1) is 23.5. The van der Waals surface area contributed by atoms with Crippen LogP contribution in [-0.2, 0) is 14.8 Å². The molecule has 2 rings (SSSR count). The summed E-state index contributed by atoms with van der Waals surface area (Å²) in [6.45, 7) is 8.00. The van der Waals surface area contributed by atoms with E-state index in [1.165, 1.54) is 0 Å². The van der Waals surface area contributed by atoms with Crippen molar-refractivity contribution in [2.45, 2.75) is 39.8 Å². The fourth-order valence-corrected chi connectivity index (χ4v) is 4.10. The minimum atomic E-state index is -3.68. The minimum absolute atomic E-state index is 0.267. The van der Waals surface area contributed by atoms with Gasteiger partial charge in [0.1, 0.15) is 24.1 Å². The van der Waals surface area contributed by atoms with Crippen molar-refractivity contribution in [2.24, 2.45) is 0 Å². The summed E-state index contributed by atoms with van der Waals surface area (Å²) in [5.41, 5.74) is 1.53. The predicted octanol–water partition coefficient (Wildman–Crippen LogP) is 3.13. The van der Waals surface area contributed by atoms with E-state index >= 15 is 0 Å². The number of anilines is 1. The van der Waals surface area contributed by atoms with Crippen LogP contribution in [0, 0.1) is 6.92 Å². The first-order valence-corrected chi connectivity index (χ1v) is 11.7. The average molecular weight is 435 g/mol. The van der Waals surface area contributed by atoms with Gasteiger partial charge in [0, 0.05) is 0 Å². The van der Waals surface area contributed by atoms with E-state index < -0.39 is 22.0 Å². The summed E-state index contributed by atoms with van der Waals surface area (Å²) in [7, 11) is -3.68. The van der Waals surface area contributed by atoms with E-state index in [9.17, 15) is 13.2 Å². The maximum Gasteiger partial charge on any atom is 0.243 e. The fourth-order valence-electron chi connectivity index (χ4n) is 2.93. The normalized spacial score (nSPS) is 13.2. The molecule has 0 bridgehead atoms. The molecular formula is C22H30N2O5S. The minimum Gasteiger partial charge on any atom is -0.494 e. The van der Waals surface area contributed by atoms with E-state index in [0.29, 0.717) is 23.8 Å². The van der Waals surface area contributed by atoms with Crippen molar-refractivity contribution in [2.75, 3.05) is 23.8 Å². The number of nitrogens with one attached hydrogen (secondary N) is 1. The van der Waals surface area contributed by atoms with Gasteiger partial charge in [-0.1, -0.05) is 17.7 Å². The lowest BCUT2D eigenvalue weighted by Crippen LogP contribution is -2.50. The predicted molar refractivity (Wildman–Crippen MR) is 119 cm³/mol. The lowest BCUT2D eigenvalue weighted by Gasteiger charge is -2.29. The summed E-state index contributed by atoms with van der Waals surface area (Å²) >= 11 is 0. The number of ether oxygens (including phenoxy) is 2. The first-order valence-electron chi connectivity index (χ1n) is 9.84. The molecule has 1 amide bonds. The van der Waals surface area contributed by atoms with Crippen LogP contribution in [0.15, 0.2) is 48.5 Å². The van der Waals surface area contributed by atoms with Gasteiger partial charge in [0.25, 0.3) is 0 Å². The summed E-state index contributed by atoms with van der Waals surface area (Å²) < 4.78 is 37.0. The molecular weight excluding hydrogens is 404 g/mol. The quantitative estimate of drug-likeness (QED) is 0.621. The van der Waals surface area contributed by atoms with E-state index in [0.717, 1.165) is 16.1 Å². The first-order chi connectivity index (χ1) is 14.1. The lowest BCUT2D eigenvalue weighted by molar-refractivity contribution is -0.122. The highest BCUT2D eigenvalue weighted by molar-refractivity contribution is 7.92. The molecule has 0 radical (unpaired) electrons. The number of amides is 1. The van der Waals surface area contributed by atoms with Gasteiger partial charge in [0.2, 0.25) is 15.9 Å². The number of nitrogens with zero attached hydrogens (tertiary/aromatic N) is 1. The molecule has 0 unspecified atom stereocenters. The van der Waals surface area contributed by atoms with Crippen molar-refractivity contribution in [3.05, 3.63) is 54.1 Å². The Hall–Kier alpha value is -2.74. The summed E-state index contributed by atoms with van der Waals surface area (Å²) in [5.74, 6) is 0.935. The molecule has 0 fully saturated rings. The van der Waals surface area contributed by atoms with Crippen molar-refractivity contribution in [1.29, 1.82) is 0 Å². The monoisotopic (exact) mass is 434 g/mol. The van der Waals surface area contributed by atoms with Crippen LogP contribution in [0.5, 0.6) is 11.5 Å². The summed E-state index contributed by atoms with van der Waals surface area (Å²) in [5, 5.41) is 2.82. The molecule has 0 spiro atoms. The van der Waals surface area contributed by atoms with Gasteiger partial charge < -0.3 is 14.8 Å². The average Bonchev–Trinajstić information content (AvgIpc) is 2.68. The van der Waals surface area contributed by atoms with Crippen molar-refractivity contribution in [3.8, 4) is 11.5 Å². The number of carbonyl (C=O) groups is 1. The van der Waals surface area contributed by atoms with Gasteiger partial charge in [-0.2, -0.15) is 0 Å². The highest BCUT2D eigenvalue weighted by atomic mass is 32.2. The SMILES string of the molecule is CCOc1ccc(N([C@@H](C)C(=O)N[C@@H](C)COc2ccc(C)cc2)S(C)(=O)=O)cc1. The molecule has 0 saturated carbocycles. The largest absolute Gasteiger partial charge is 0.494 e. The molecule has 7 nitrogen and oxygen atoms in total. The molecule has 1 N–H and O–H groups in total. The fraction of sp³-hybridized carbons (Fsp3) is 0.409. The smallest absolute Gasteiger partial charge is 0.243 e. The topological polar surface area (TPSA) is 84.9 Å². The highest BCUT2D eigenvalue weighted by Gasteiger charge is 2.29. The van der Waals surface area contributed by atoms with E-state index in [2.05, 4.69) is 5.32 Å². The Kier molecular flexibility index (Phi) is 8.11. The molecule has 2 aromatic rings. The Balaban J connectivity index is 2.04. The number of rotatable bonds is 10. The third-order valence-corrected chi connectivity index (χ3v) is 5.64. The second-order valence-corrected chi connectivity index (χ2v) is 9.05. The van der Waals surface area contributed by atoms with Crippen molar-refractivity contribution < 1.29 is 22.7 Å². The van der Waals surface area contributed by atoms with Gasteiger partial charge in [0.05, 0.1) is 24.6 Å². The Morgan fingerprint density at radius 2 is 1.53 bits per heavy atom. The zero-order chi connectivity index (χ0) is 22.3. The molecule has 30 heavy (non-hydrogen) atoms. The van der Waals surface area contributed by atoms with E-state index in [-0.39, 0.29) is 12.6 Å². The Labute approximate surface area is 179 Å². The van der Waals surface area contributed by atoms with Crippen molar-refractivity contribution >= 4 is 21.6 Å². The maximum absolute atomic E-state index is 12.7. The van der Waals surface area contributed by atoms with Crippen LogP contribution in [0.3, 0.4) is 0 Å². The van der Waals surface area contributed by atoms with Gasteiger partial charge in [-0.3, -0.25) is 9.10 Å². The molecule has 0 aromatic heterocycles. The zero-order valence-electron chi connectivity index (χ0n) is 18.1. The number of carbonyl (C=O) groups excluding carboxylic acids is 1. The Morgan fingerprint density at radius 1 is 1.00 bits per heavy atom. The van der Waals surface area contributed by atoms with Crippen LogP contribution in [0.25, 0.3) is 0 Å². The number of hydrogen-bond acceptors (Lipinski definition) is 5. The van der Waals surface area contributed by atoms with Gasteiger partial charge in [0.15, 0.2) is 0 Å². The van der Waals surface area contributed by atoms with Crippen molar-refractivity contribution in [3.63, 3.8) is 0 Å². The zero-order valence-corrected chi connectivity index (χ0v) is 18.9. The molecule has 8 heteroatoms. The summed E-state index contributed by atoms with van der Waals surface area (Å²) in [6.07, 6.45) is 1.08. The summed E-state index contributed by atoms with van der Waals surface area (Å²) in [4.78, 5) is 12.7. The number of benzene rings is 2. The molecule has 0 aliphatic carbocycles. The van der Waals surface area contributed by atoms with Gasteiger partial charge in [-0.15, -0.1) is 0 Å². The van der Waals surface area contributed by atoms with Crippen LogP contribution < -0.4 is 19.1 Å². The van der Waals surface area contributed by atoms with Gasteiger partial charge in [-0.05, 0) is 64.1 Å².